The Balaban J connectivity index is 1.53. The van der Waals surface area contributed by atoms with E-state index in [4.69, 9.17) is 11.6 Å². The van der Waals surface area contributed by atoms with Gasteiger partial charge in [-0.25, -0.2) is 9.97 Å². The highest BCUT2D eigenvalue weighted by molar-refractivity contribution is 6.30. The fourth-order valence-electron chi connectivity index (χ4n) is 2.50. The van der Waals surface area contributed by atoms with Gasteiger partial charge in [0.15, 0.2) is 0 Å². The van der Waals surface area contributed by atoms with Gasteiger partial charge in [-0.1, -0.05) is 23.7 Å². The van der Waals surface area contributed by atoms with Crippen molar-refractivity contribution in [3.8, 4) is 11.3 Å². The SMILES string of the molecule is O=C(Nc1ccc(-c2cn3cccnc3n2)cc1)c1ccc(Cl)cc1. The van der Waals surface area contributed by atoms with Gasteiger partial charge in [0.2, 0.25) is 5.78 Å². The highest BCUT2D eigenvalue weighted by Crippen LogP contribution is 2.21. The number of halogens is 1. The molecule has 1 amide bonds. The number of carbonyl (C=O) groups is 1. The Bertz CT molecular complexity index is 1010. The second-order valence-corrected chi connectivity index (χ2v) is 5.93. The van der Waals surface area contributed by atoms with Gasteiger partial charge in [-0.05, 0) is 42.5 Å². The summed E-state index contributed by atoms with van der Waals surface area (Å²) in [5, 5.41) is 3.46. The third kappa shape index (κ3) is 3.22. The minimum absolute atomic E-state index is 0.179. The lowest BCUT2D eigenvalue weighted by Gasteiger charge is -2.06. The lowest BCUT2D eigenvalue weighted by atomic mass is 10.1. The van der Waals surface area contributed by atoms with Gasteiger partial charge in [0.05, 0.1) is 5.69 Å². The summed E-state index contributed by atoms with van der Waals surface area (Å²) >= 11 is 5.84. The number of hydrogen-bond acceptors (Lipinski definition) is 3. The number of carbonyl (C=O) groups excluding carboxylic acids is 1. The predicted octanol–water partition coefficient (Wildman–Crippen LogP) is 4.30. The summed E-state index contributed by atoms with van der Waals surface area (Å²) in [5.74, 6) is 0.471. The number of nitrogens with zero attached hydrogens (tertiary/aromatic N) is 3. The quantitative estimate of drug-likeness (QED) is 0.600. The maximum Gasteiger partial charge on any atom is 0.255 e. The molecule has 4 rings (SSSR count). The summed E-state index contributed by atoms with van der Waals surface area (Å²) in [4.78, 5) is 20.9. The number of amides is 1. The minimum Gasteiger partial charge on any atom is -0.322 e. The van der Waals surface area contributed by atoms with Crippen molar-refractivity contribution in [3.05, 3.63) is 83.8 Å². The summed E-state index contributed by atoms with van der Waals surface area (Å²) in [6.07, 6.45) is 5.53. The molecule has 2 aromatic heterocycles. The van der Waals surface area contributed by atoms with Gasteiger partial charge in [0.25, 0.3) is 5.91 Å². The Morgan fingerprint density at radius 1 is 1.04 bits per heavy atom. The van der Waals surface area contributed by atoms with Crippen molar-refractivity contribution in [1.82, 2.24) is 14.4 Å². The van der Waals surface area contributed by atoms with Gasteiger partial charge in [-0.3, -0.25) is 9.20 Å². The summed E-state index contributed by atoms with van der Waals surface area (Å²) < 4.78 is 1.87. The summed E-state index contributed by atoms with van der Waals surface area (Å²) in [5.41, 5.74) is 3.05. The predicted molar refractivity (Wildman–Crippen MR) is 97.8 cm³/mol. The molecule has 0 spiro atoms. The normalized spacial score (nSPS) is 10.8. The Labute approximate surface area is 148 Å². The number of nitrogens with one attached hydrogen (secondary N) is 1. The smallest absolute Gasteiger partial charge is 0.255 e. The van der Waals surface area contributed by atoms with E-state index in [2.05, 4.69) is 15.3 Å². The third-order valence-electron chi connectivity index (χ3n) is 3.78. The highest BCUT2D eigenvalue weighted by Gasteiger charge is 2.08. The van der Waals surface area contributed by atoms with Crippen LogP contribution in [-0.4, -0.2) is 20.3 Å². The maximum absolute atomic E-state index is 12.2. The van der Waals surface area contributed by atoms with Gasteiger partial charge in [0, 0.05) is 40.4 Å². The minimum atomic E-state index is -0.179. The molecule has 6 heteroatoms. The van der Waals surface area contributed by atoms with Crippen LogP contribution in [0.25, 0.3) is 17.0 Å². The lowest BCUT2D eigenvalue weighted by molar-refractivity contribution is 0.102. The van der Waals surface area contributed by atoms with Crippen LogP contribution >= 0.6 is 11.6 Å². The van der Waals surface area contributed by atoms with Gasteiger partial charge < -0.3 is 5.32 Å². The molecule has 0 atom stereocenters. The van der Waals surface area contributed by atoms with Crippen LogP contribution in [0.15, 0.2) is 73.2 Å². The molecule has 0 aliphatic heterocycles. The molecule has 2 aromatic carbocycles. The van der Waals surface area contributed by atoms with Crippen molar-refractivity contribution < 1.29 is 4.79 Å². The standard InChI is InChI=1S/C19H13ClN4O/c20-15-6-2-14(3-7-15)18(25)22-16-8-4-13(5-9-16)17-12-24-11-1-10-21-19(24)23-17/h1-12H,(H,22,25). The van der Waals surface area contributed by atoms with Gasteiger partial charge >= 0.3 is 0 Å². The van der Waals surface area contributed by atoms with Crippen molar-refractivity contribution in [3.63, 3.8) is 0 Å². The van der Waals surface area contributed by atoms with Crippen LogP contribution in [0.2, 0.25) is 5.02 Å². The van der Waals surface area contributed by atoms with Crippen LogP contribution in [0, 0.1) is 0 Å². The zero-order valence-corrected chi connectivity index (χ0v) is 13.8. The van der Waals surface area contributed by atoms with Crippen molar-refractivity contribution >= 4 is 29.0 Å². The average Bonchev–Trinajstić information content (AvgIpc) is 3.07. The Kier molecular flexibility index (Phi) is 3.91. The van der Waals surface area contributed by atoms with E-state index in [9.17, 15) is 4.79 Å². The first-order valence-corrected chi connectivity index (χ1v) is 8.04. The number of anilines is 1. The van der Waals surface area contributed by atoms with Crippen molar-refractivity contribution in [1.29, 1.82) is 0 Å². The number of fused-ring (bicyclic) bond motifs is 1. The molecule has 5 nitrogen and oxygen atoms in total. The van der Waals surface area contributed by atoms with E-state index in [1.807, 2.05) is 47.1 Å². The van der Waals surface area contributed by atoms with Crippen LogP contribution in [0.5, 0.6) is 0 Å². The Hall–Kier alpha value is -3.18. The molecule has 122 valence electrons. The second kappa shape index (κ2) is 6.37. The summed E-state index contributed by atoms with van der Waals surface area (Å²) in [6.45, 7) is 0. The van der Waals surface area contributed by atoms with Gasteiger partial charge in [0.1, 0.15) is 0 Å². The fraction of sp³-hybridized carbons (Fsp3) is 0. The van der Waals surface area contributed by atoms with Gasteiger partial charge in [-0.15, -0.1) is 0 Å². The summed E-state index contributed by atoms with van der Waals surface area (Å²) in [6, 6.07) is 16.1. The van der Waals surface area contributed by atoms with Crippen LogP contribution in [0.4, 0.5) is 5.69 Å². The molecule has 1 N–H and O–H groups in total. The molecular weight excluding hydrogens is 336 g/mol. The molecule has 0 saturated carbocycles. The zero-order chi connectivity index (χ0) is 17.2. The van der Waals surface area contributed by atoms with Crippen molar-refractivity contribution in [2.45, 2.75) is 0 Å². The molecule has 0 aliphatic rings. The van der Waals surface area contributed by atoms with E-state index < -0.39 is 0 Å². The lowest BCUT2D eigenvalue weighted by Crippen LogP contribution is -2.11. The summed E-state index contributed by atoms with van der Waals surface area (Å²) in [7, 11) is 0. The molecule has 2 heterocycles. The molecule has 0 fully saturated rings. The molecule has 25 heavy (non-hydrogen) atoms. The Morgan fingerprint density at radius 3 is 2.52 bits per heavy atom. The van der Waals surface area contributed by atoms with Crippen LogP contribution in [0.1, 0.15) is 10.4 Å². The average molecular weight is 349 g/mol. The van der Waals surface area contributed by atoms with Crippen molar-refractivity contribution in [2.75, 3.05) is 5.32 Å². The monoisotopic (exact) mass is 348 g/mol. The van der Waals surface area contributed by atoms with E-state index in [-0.39, 0.29) is 5.91 Å². The maximum atomic E-state index is 12.2. The van der Waals surface area contributed by atoms with Crippen molar-refractivity contribution in [2.24, 2.45) is 0 Å². The first-order valence-electron chi connectivity index (χ1n) is 7.66. The van der Waals surface area contributed by atoms with E-state index in [1.54, 1.807) is 30.5 Å². The first-order chi connectivity index (χ1) is 12.2. The molecule has 0 radical (unpaired) electrons. The highest BCUT2D eigenvalue weighted by atomic mass is 35.5. The third-order valence-corrected chi connectivity index (χ3v) is 4.03. The van der Waals surface area contributed by atoms with Crippen LogP contribution in [0.3, 0.4) is 0 Å². The van der Waals surface area contributed by atoms with E-state index in [1.165, 1.54) is 0 Å². The van der Waals surface area contributed by atoms with E-state index in [0.29, 0.717) is 22.1 Å². The molecule has 0 bridgehead atoms. The molecule has 0 aliphatic carbocycles. The number of aromatic nitrogens is 3. The van der Waals surface area contributed by atoms with E-state index >= 15 is 0 Å². The number of rotatable bonds is 3. The molecule has 0 saturated heterocycles. The zero-order valence-electron chi connectivity index (χ0n) is 13.1. The Morgan fingerprint density at radius 2 is 1.80 bits per heavy atom. The first kappa shape index (κ1) is 15.4. The topological polar surface area (TPSA) is 59.3 Å². The number of imidazole rings is 1. The van der Waals surface area contributed by atoms with E-state index in [0.717, 1.165) is 11.3 Å². The molecule has 0 unspecified atom stereocenters. The largest absolute Gasteiger partial charge is 0.322 e. The molecule has 4 aromatic rings. The van der Waals surface area contributed by atoms with Crippen LogP contribution in [-0.2, 0) is 0 Å². The fourth-order valence-corrected chi connectivity index (χ4v) is 2.62. The van der Waals surface area contributed by atoms with Gasteiger partial charge in [-0.2, -0.15) is 0 Å². The van der Waals surface area contributed by atoms with Crippen LogP contribution < -0.4 is 5.32 Å². The number of benzene rings is 2. The molecular formula is C19H13ClN4O. The number of hydrogen-bond donors (Lipinski definition) is 1. The second-order valence-electron chi connectivity index (χ2n) is 5.49.